The molecule has 5 rings (SSSR count). The van der Waals surface area contributed by atoms with Crippen molar-refractivity contribution < 1.29 is 24.1 Å². The third-order valence-electron chi connectivity index (χ3n) is 6.09. The molecule has 33 heavy (non-hydrogen) atoms. The number of para-hydroxylation sites is 1. The van der Waals surface area contributed by atoms with Crippen LogP contribution in [0.2, 0.25) is 0 Å². The van der Waals surface area contributed by atoms with E-state index in [2.05, 4.69) is 24.3 Å². The molecule has 0 bridgehead atoms. The monoisotopic (exact) mass is 444 g/mol. The van der Waals surface area contributed by atoms with Gasteiger partial charge in [-0.25, -0.2) is 0 Å². The number of aliphatic hydroxyl groups is 2. The van der Waals surface area contributed by atoms with Gasteiger partial charge in [-0.15, -0.1) is 0 Å². The van der Waals surface area contributed by atoms with Crippen molar-refractivity contribution in [2.24, 2.45) is 0 Å². The maximum absolute atomic E-state index is 10.1. The summed E-state index contributed by atoms with van der Waals surface area (Å²) in [6, 6.07) is 26.3. The van der Waals surface area contributed by atoms with Gasteiger partial charge in [0.2, 0.25) is 0 Å². The first kappa shape index (κ1) is 21.7. The molecule has 0 aliphatic carbocycles. The summed E-state index contributed by atoms with van der Waals surface area (Å²) in [5.41, 5.74) is 4.26. The molecule has 0 saturated carbocycles. The molecule has 170 valence electrons. The Hall–Kier alpha value is -3.12. The zero-order chi connectivity index (χ0) is 22.6. The quantitative estimate of drug-likeness (QED) is 0.411. The lowest BCUT2D eigenvalue weighted by Gasteiger charge is -2.32. The molecule has 1 fully saturated rings. The van der Waals surface area contributed by atoms with Crippen LogP contribution in [0.1, 0.15) is 41.4 Å². The van der Waals surface area contributed by atoms with Crippen LogP contribution in [0.3, 0.4) is 0 Å². The number of furan rings is 1. The lowest BCUT2D eigenvalue weighted by Crippen LogP contribution is -2.33. The molecule has 1 aliphatic rings. The summed E-state index contributed by atoms with van der Waals surface area (Å²) in [7, 11) is 0. The normalized spacial score (nSPS) is 20.7. The predicted octanol–water partition coefficient (Wildman–Crippen LogP) is 5.18. The Morgan fingerprint density at radius 1 is 0.879 bits per heavy atom. The van der Waals surface area contributed by atoms with E-state index < -0.39 is 6.10 Å². The van der Waals surface area contributed by atoms with Gasteiger partial charge in [-0.1, -0.05) is 54.6 Å². The Balaban J connectivity index is 1.21. The number of aliphatic hydroxyl groups excluding tert-OH is 2. The smallest absolute Gasteiger partial charge is 0.146 e. The predicted molar refractivity (Wildman–Crippen MR) is 126 cm³/mol. The Morgan fingerprint density at radius 3 is 2.55 bits per heavy atom. The van der Waals surface area contributed by atoms with Crippen LogP contribution in [0.15, 0.2) is 83.3 Å². The van der Waals surface area contributed by atoms with Crippen LogP contribution in [0.4, 0.5) is 0 Å². The fourth-order valence-electron chi connectivity index (χ4n) is 4.43. The first-order valence-corrected chi connectivity index (χ1v) is 11.4. The summed E-state index contributed by atoms with van der Waals surface area (Å²) in [5.74, 6) is 1.60. The van der Waals surface area contributed by atoms with Crippen LogP contribution in [-0.2, 0) is 17.8 Å². The topological polar surface area (TPSA) is 72.1 Å². The molecule has 2 N–H and O–H groups in total. The zero-order valence-electron chi connectivity index (χ0n) is 18.4. The van der Waals surface area contributed by atoms with Crippen molar-refractivity contribution >= 4 is 11.0 Å². The van der Waals surface area contributed by atoms with Crippen molar-refractivity contribution in [3.05, 3.63) is 101 Å². The van der Waals surface area contributed by atoms with Crippen molar-refractivity contribution in [2.45, 2.75) is 44.2 Å². The van der Waals surface area contributed by atoms with Crippen molar-refractivity contribution in [2.75, 3.05) is 6.61 Å². The third kappa shape index (κ3) is 5.28. The molecule has 5 nitrogen and oxygen atoms in total. The standard InChI is InChI=1S/C28H28O5/c29-17-25-15-23(30)16-28(32-25)21-6-3-4-20(13-21)12-19-8-10-24(11-9-19)31-18-26-14-22-5-1-2-7-27(22)33-26/h1-11,13-14,23,25,28-30H,12,15-18H2/t23-,25-,28+/m0/s1. The Kier molecular flexibility index (Phi) is 6.44. The fourth-order valence-corrected chi connectivity index (χ4v) is 4.43. The highest BCUT2D eigenvalue weighted by Gasteiger charge is 2.29. The average molecular weight is 445 g/mol. The third-order valence-corrected chi connectivity index (χ3v) is 6.09. The van der Waals surface area contributed by atoms with E-state index in [4.69, 9.17) is 13.9 Å². The second kappa shape index (κ2) is 9.79. The van der Waals surface area contributed by atoms with Gasteiger partial charge in [0.25, 0.3) is 0 Å². The second-order valence-corrected chi connectivity index (χ2v) is 8.66. The van der Waals surface area contributed by atoms with Crippen LogP contribution in [0.25, 0.3) is 11.0 Å². The zero-order valence-corrected chi connectivity index (χ0v) is 18.4. The van der Waals surface area contributed by atoms with Gasteiger partial charge in [-0.3, -0.25) is 0 Å². The Bertz CT molecular complexity index is 1160. The maximum Gasteiger partial charge on any atom is 0.146 e. The lowest BCUT2D eigenvalue weighted by molar-refractivity contribution is -0.113. The van der Waals surface area contributed by atoms with Gasteiger partial charge in [0.05, 0.1) is 24.9 Å². The minimum absolute atomic E-state index is 0.0714. The van der Waals surface area contributed by atoms with E-state index in [0.717, 1.165) is 34.5 Å². The van der Waals surface area contributed by atoms with Gasteiger partial charge in [0.1, 0.15) is 23.7 Å². The summed E-state index contributed by atoms with van der Waals surface area (Å²) in [5, 5.41) is 20.6. The Labute approximate surface area is 193 Å². The van der Waals surface area contributed by atoms with Crippen LogP contribution in [0, 0.1) is 0 Å². The molecule has 2 heterocycles. The molecule has 1 aliphatic heterocycles. The molecule has 5 heteroatoms. The van der Waals surface area contributed by atoms with Gasteiger partial charge in [-0.05, 0) is 47.4 Å². The molecule has 1 saturated heterocycles. The minimum Gasteiger partial charge on any atom is -0.486 e. The highest BCUT2D eigenvalue weighted by Crippen LogP contribution is 2.32. The molecular formula is C28H28O5. The van der Waals surface area contributed by atoms with Crippen LogP contribution in [0.5, 0.6) is 5.75 Å². The molecule has 1 aromatic heterocycles. The number of benzene rings is 3. The van der Waals surface area contributed by atoms with E-state index in [-0.39, 0.29) is 18.8 Å². The summed E-state index contributed by atoms with van der Waals surface area (Å²) in [6.07, 6.45) is 0.872. The second-order valence-electron chi connectivity index (χ2n) is 8.66. The van der Waals surface area contributed by atoms with Crippen molar-refractivity contribution in [3.63, 3.8) is 0 Å². The highest BCUT2D eigenvalue weighted by molar-refractivity contribution is 5.77. The number of ether oxygens (including phenoxy) is 2. The van der Waals surface area contributed by atoms with Crippen molar-refractivity contribution in [1.29, 1.82) is 0 Å². The molecule has 0 amide bonds. The lowest BCUT2D eigenvalue weighted by atomic mass is 9.94. The highest BCUT2D eigenvalue weighted by atomic mass is 16.5. The molecule has 0 spiro atoms. The van der Waals surface area contributed by atoms with E-state index in [1.165, 1.54) is 11.1 Å². The van der Waals surface area contributed by atoms with E-state index in [0.29, 0.717) is 19.4 Å². The van der Waals surface area contributed by atoms with E-state index in [9.17, 15) is 10.2 Å². The number of rotatable bonds is 7. The van der Waals surface area contributed by atoms with E-state index in [1.807, 2.05) is 54.6 Å². The van der Waals surface area contributed by atoms with Gasteiger partial charge >= 0.3 is 0 Å². The van der Waals surface area contributed by atoms with Crippen molar-refractivity contribution in [3.8, 4) is 5.75 Å². The van der Waals surface area contributed by atoms with Gasteiger partial charge in [-0.2, -0.15) is 0 Å². The number of hydrogen-bond acceptors (Lipinski definition) is 5. The summed E-state index contributed by atoms with van der Waals surface area (Å²) in [6.45, 7) is 0.316. The molecule has 4 aromatic rings. The van der Waals surface area contributed by atoms with Crippen LogP contribution >= 0.6 is 0 Å². The molecule has 0 radical (unpaired) electrons. The molecular weight excluding hydrogens is 416 g/mol. The van der Waals surface area contributed by atoms with Gasteiger partial charge in [0.15, 0.2) is 0 Å². The molecule has 0 unspecified atom stereocenters. The largest absolute Gasteiger partial charge is 0.486 e. The van der Waals surface area contributed by atoms with Crippen molar-refractivity contribution in [1.82, 2.24) is 0 Å². The summed E-state index contributed by atoms with van der Waals surface area (Å²) < 4.78 is 17.7. The van der Waals surface area contributed by atoms with Crippen LogP contribution in [-0.4, -0.2) is 29.0 Å². The maximum atomic E-state index is 10.1. The molecule has 3 aromatic carbocycles. The Morgan fingerprint density at radius 2 is 1.73 bits per heavy atom. The minimum atomic E-state index is -0.448. The molecule has 3 atom stereocenters. The number of hydrogen-bond donors (Lipinski definition) is 2. The van der Waals surface area contributed by atoms with Gasteiger partial charge < -0.3 is 24.1 Å². The van der Waals surface area contributed by atoms with Crippen LogP contribution < -0.4 is 4.74 Å². The van der Waals surface area contributed by atoms with E-state index >= 15 is 0 Å². The van der Waals surface area contributed by atoms with Gasteiger partial charge in [0, 0.05) is 18.2 Å². The first-order valence-electron chi connectivity index (χ1n) is 11.4. The number of fused-ring (bicyclic) bond motifs is 1. The average Bonchev–Trinajstić information content (AvgIpc) is 3.26. The summed E-state index contributed by atoms with van der Waals surface area (Å²) in [4.78, 5) is 0. The van der Waals surface area contributed by atoms with E-state index in [1.54, 1.807) is 0 Å². The first-order chi connectivity index (χ1) is 16.2. The SMILES string of the molecule is OC[C@@H]1C[C@H](O)C[C@H](c2cccc(Cc3ccc(OCc4cc5ccccc5o4)cc3)c2)O1. The summed E-state index contributed by atoms with van der Waals surface area (Å²) >= 11 is 0. The fraction of sp³-hybridized carbons (Fsp3) is 0.286.